The number of nitrogens with zero attached hydrogens (tertiary/aromatic N) is 4. The van der Waals surface area contributed by atoms with Crippen molar-refractivity contribution in [2.24, 2.45) is 12.8 Å². The molecule has 1 aromatic carbocycles. The normalized spacial score (nSPS) is 11.0. The summed E-state index contributed by atoms with van der Waals surface area (Å²) in [7, 11) is 3.46. The largest absolute Gasteiger partial charge is 0.495 e. The third-order valence-electron chi connectivity index (χ3n) is 3.96. The predicted octanol–water partition coefficient (Wildman–Crippen LogP) is 2.32. The van der Waals surface area contributed by atoms with Crippen molar-refractivity contribution in [1.29, 1.82) is 0 Å². The maximum atomic E-state index is 6.20. The van der Waals surface area contributed by atoms with Gasteiger partial charge in [0.25, 0.3) is 0 Å². The summed E-state index contributed by atoms with van der Waals surface area (Å²) in [6.07, 6.45) is 0. The average molecular weight is 376 g/mol. The molecule has 8 nitrogen and oxygen atoms in total. The number of hydrogen-bond donors (Lipinski definition) is 3. The zero-order valence-electron chi connectivity index (χ0n) is 15.0. The highest BCUT2D eigenvalue weighted by Crippen LogP contribution is 2.27. The van der Waals surface area contributed by atoms with E-state index in [2.05, 4.69) is 25.7 Å². The Morgan fingerprint density at radius 2 is 2.08 bits per heavy atom. The van der Waals surface area contributed by atoms with Crippen LogP contribution in [-0.2, 0) is 13.6 Å². The van der Waals surface area contributed by atoms with E-state index in [1.807, 2.05) is 32.2 Å². The second kappa shape index (κ2) is 7.76. The standard InChI is InChI=1S/C17H22ClN7O/c1-10-14-15(21-9-11-4-5-13(26-3)12(18)8-11)22-17(20-7-6-19)23-16(14)25(2)24-10/h4-5,8H,6-7,9,19H2,1-3H3,(H2,20,21,22,23). The van der Waals surface area contributed by atoms with E-state index >= 15 is 0 Å². The van der Waals surface area contributed by atoms with Crippen molar-refractivity contribution in [1.82, 2.24) is 19.7 Å². The lowest BCUT2D eigenvalue weighted by atomic mass is 10.2. The van der Waals surface area contributed by atoms with E-state index in [1.54, 1.807) is 11.8 Å². The van der Waals surface area contributed by atoms with Crippen LogP contribution in [-0.4, -0.2) is 39.9 Å². The van der Waals surface area contributed by atoms with Crippen molar-refractivity contribution < 1.29 is 4.74 Å². The Labute approximate surface area is 156 Å². The van der Waals surface area contributed by atoms with Crippen molar-refractivity contribution >= 4 is 34.4 Å². The van der Waals surface area contributed by atoms with Gasteiger partial charge in [-0.15, -0.1) is 0 Å². The van der Waals surface area contributed by atoms with Crippen molar-refractivity contribution in [2.75, 3.05) is 30.8 Å². The van der Waals surface area contributed by atoms with Crippen molar-refractivity contribution in [3.8, 4) is 5.75 Å². The number of ether oxygens (including phenoxy) is 1. The van der Waals surface area contributed by atoms with Crippen LogP contribution in [0.2, 0.25) is 5.02 Å². The second-order valence-electron chi connectivity index (χ2n) is 5.84. The minimum absolute atomic E-state index is 0.499. The van der Waals surface area contributed by atoms with Gasteiger partial charge in [0.05, 0.1) is 23.2 Å². The molecule has 0 aliphatic heterocycles. The number of aromatic nitrogens is 4. The van der Waals surface area contributed by atoms with Gasteiger partial charge in [0.1, 0.15) is 11.6 Å². The average Bonchev–Trinajstić information content (AvgIpc) is 2.92. The van der Waals surface area contributed by atoms with Crippen LogP contribution in [0.25, 0.3) is 11.0 Å². The van der Waals surface area contributed by atoms with Gasteiger partial charge in [-0.1, -0.05) is 17.7 Å². The first-order chi connectivity index (χ1) is 12.5. The fourth-order valence-corrected chi connectivity index (χ4v) is 3.02. The summed E-state index contributed by atoms with van der Waals surface area (Å²) in [5.41, 5.74) is 8.19. The Bertz CT molecular complexity index is 925. The van der Waals surface area contributed by atoms with Crippen LogP contribution >= 0.6 is 11.6 Å². The highest BCUT2D eigenvalue weighted by atomic mass is 35.5. The van der Waals surface area contributed by atoms with Crippen LogP contribution in [0.5, 0.6) is 5.75 Å². The number of nitrogens with one attached hydrogen (secondary N) is 2. The van der Waals surface area contributed by atoms with Gasteiger partial charge in [-0.3, -0.25) is 0 Å². The maximum absolute atomic E-state index is 6.20. The van der Waals surface area contributed by atoms with E-state index in [-0.39, 0.29) is 0 Å². The monoisotopic (exact) mass is 375 g/mol. The molecule has 9 heteroatoms. The molecule has 3 rings (SSSR count). The van der Waals surface area contributed by atoms with Crippen LogP contribution in [0.1, 0.15) is 11.3 Å². The lowest BCUT2D eigenvalue weighted by molar-refractivity contribution is 0.415. The lowest BCUT2D eigenvalue weighted by Gasteiger charge is -2.11. The molecule has 3 aromatic rings. The molecule has 0 atom stereocenters. The Morgan fingerprint density at radius 3 is 2.77 bits per heavy atom. The summed E-state index contributed by atoms with van der Waals surface area (Å²) in [5.74, 6) is 1.88. The molecule has 0 aliphatic rings. The number of aryl methyl sites for hydroxylation is 2. The maximum Gasteiger partial charge on any atom is 0.226 e. The third kappa shape index (κ3) is 3.66. The zero-order valence-corrected chi connectivity index (χ0v) is 15.8. The van der Waals surface area contributed by atoms with E-state index in [1.165, 1.54) is 0 Å². The highest BCUT2D eigenvalue weighted by Gasteiger charge is 2.15. The van der Waals surface area contributed by atoms with Crippen LogP contribution in [0.4, 0.5) is 11.8 Å². The molecule has 0 fully saturated rings. The molecule has 2 heterocycles. The second-order valence-corrected chi connectivity index (χ2v) is 6.25. The fourth-order valence-electron chi connectivity index (χ4n) is 2.74. The topological polar surface area (TPSA) is 103 Å². The van der Waals surface area contributed by atoms with Crippen molar-refractivity contribution in [2.45, 2.75) is 13.5 Å². The van der Waals surface area contributed by atoms with Crippen LogP contribution in [0.3, 0.4) is 0 Å². The molecule has 0 saturated heterocycles. The van der Waals surface area contributed by atoms with Gasteiger partial charge in [-0.2, -0.15) is 15.1 Å². The molecule has 26 heavy (non-hydrogen) atoms. The highest BCUT2D eigenvalue weighted by molar-refractivity contribution is 6.32. The van der Waals surface area contributed by atoms with E-state index in [9.17, 15) is 0 Å². The number of benzene rings is 1. The molecule has 4 N–H and O–H groups in total. The van der Waals surface area contributed by atoms with Crippen LogP contribution < -0.4 is 21.1 Å². The van der Waals surface area contributed by atoms with Gasteiger partial charge in [0.2, 0.25) is 5.95 Å². The van der Waals surface area contributed by atoms with Crippen molar-refractivity contribution in [3.05, 3.63) is 34.5 Å². The quantitative estimate of drug-likeness (QED) is 0.582. The summed E-state index contributed by atoms with van der Waals surface area (Å²) >= 11 is 6.20. The van der Waals surface area contributed by atoms with E-state index < -0.39 is 0 Å². The Kier molecular flexibility index (Phi) is 5.43. The number of rotatable bonds is 7. The van der Waals surface area contributed by atoms with E-state index in [4.69, 9.17) is 22.1 Å². The summed E-state index contributed by atoms with van der Waals surface area (Å²) in [4.78, 5) is 9.11. The molecule has 0 amide bonds. The van der Waals surface area contributed by atoms with E-state index in [0.717, 1.165) is 22.3 Å². The molecule has 0 unspecified atom stereocenters. The van der Waals surface area contributed by atoms with Crippen LogP contribution in [0.15, 0.2) is 18.2 Å². The summed E-state index contributed by atoms with van der Waals surface area (Å²) in [5, 5.41) is 12.4. The predicted molar refractivity (Wildman–Crippen MR) is 104 cm³/mol. The molecular weight excluding hydrogens is 354 g/mol. The molecule has 2 aromatic heterocycles. The van der Waals surface area contributed by atoms with Crippen LogP contribution in [0, 0.1) is 6.92 Å². The number of anilines is 2. The lowest BCUT2D eigenvalue weighted by Crippen LogP contribution is -2.15. The third-order valence-corrected chi connectivity index (χ3v) is 4.26. The molecule has 138 valence electrons. The first-order valence-corrected chi connectivity index (χ1v) is 8.63. The minimum Gasteiger partial charge on any atom is -0.495 e. The molecule has 0 saturated carbocycles. The summed E-state index contributed by atoms with van der Waals surface area (Å²) in [6, 6.07) is 5.67. The van der Waals surface area contributed by atoms with Gasteiger partial charge in [0.15, 0.2) is 5.65 Å². The number of nitrogens with two attached hydrogens (primary N) is 1. The minimum atomic E-state index is 0.499. The molecule has 0 spiro atoms. The van der Waals surface area contributed by atoms with Gasteiger partial charge >= 0.3 is 0 Å². The number of hydrogen-bond acceptors (Lipinski definition) is 7. The summed E-state index contributed by atoms with van der Waals surface area (Å²) in [6.45, 7) is 3.59. The number of methoxy groups -OCH3 is 1. The van der Waals surface area contributed by atoms with Gasteiger partial charge < -0.3 is 21.1 Å². The van der Waals surface area contributed by atoms with Crippen molar-refractivity contribution in [3.63, 3.8) is 0 Å². The Balaban J connectivity index is 1.91. The zero-order chi connectivity index (χ0) is 18.7. The SMILES string of the molecule is COc1ccc(CNc2nc(NCCN)nc3c2c(C)nn3C)cc1Cl. The fraction of sp³-hybridized carbons (Fsp3) is 0.353. The number of halogens is 1. The van der Waals surface area contributed by atoms with Gasteiger partial charge in [-0.25, -0.2) is 4.68 Å². The first-order valence-electron chi connectivity index (χ1n) is 8.25. The Hall–Kier alpha value is -2.58. The molecule has 0 aliphatic carbocycles. The number of fused-ring (bicyclic) bond motifs is 1. The Morgan fingerprint density at radius 1 is 1.27 bits per heavy atom. The first kappa shape index (κ1) is 18.2. The van der Waals surface area contributed by atoms with Gasteiger partial charge in [0, 0.05) is 26.7 Å². The summed E-state index contributed by atoms with van der Waals surface area (Å²) < 4.78 is 6.94. The van der Waals surface area contributed by atoms with Gasteiger partial charge in [-0.05, 0) is 24.6 Å². The smallest absolute Gasteiger partial charge is 0.226 e. The molecular formula is C17H22ClN7O. The molecule has 0 radical (unpaired) electrons. The van der Waals surface area contributed by atoms with E-state index in [0.29, 0.717) is 42.2 Å². The molecule has 0 bridgehead atoms.